The minimum absolute atomic E-state index is 0.0545. The number of anilines is 1. The van der Waals surface area contributed by atoms with Crippen LogP contribution in [0.5, 0.6) is 0 Å². The number of nitrogens with zero attached hydrogens (tertiary/aromatic N) is 3. The van der Waals surface area contributed by atoms with E-state index < -0.39 is 5.91 Å². The van der Waals surface area contributed by atoms with Crippen LogP contribution < -0.4 is 10.6 Å². The molecule has 1 rings (SSSR count). The average molecular weight is 345 g/mol. The van der Waals surface area contributed by atoms with Crippen molar-refractivity contribution in [2.45, 2.75) is 6.42 Å². The zero-order valence-corrected chi connectivity index (χ0v) is 12.2. The van der Waals surface area contributed by atoms with Gasteiger partial charge >= 0.3 is 0 Å². The van der Waals surface area contributed by atoms with Crippen LogP contribution in [0.3, 0.4) is 0 Å². The number of aromatic nitrogens is 2. The van der Waals surface area contributed by atoms with Crippen LogP contribution >= 0.6 is 27.5 Å². The van der Waals surface area contributed by atoms with Gasteiger partial charge in [-0.25, -0.2) is 9.97 Å². The molecule has 0 bridgehead atoms. The molecule has 1 amide bonds. The van der Waals surface area contributed by atoms with Crippen molar-refractivity contribution in [1.29, 1.82) is 5.26 Å². The third kappa shape index (κ3) is 5.68. The zero-order chi connectivity index (χ0) is 14.1. The number of halogens is 2. The molecular weight excluding hydrogens is 334 g/mol. The van der Waals surface area contributed by atoms with Gasteiger partial charge in [0, 0.05) is 31.0 Å². The lowest BCUT2D eigenvalue weighted by atomic mass is 10.3. The molecule has 19 heavy (non-hydrogen) atoms. The van der Waals surface area contributed by atoms with Gasteiger partial charge in [0.25, 0.3) is 5.91 Å². The Morgan fingerprint density at radius 3 is 2.79 bits per heavy atom. The van der Waals surface area contributed by atoms with Crippen LogP contribution in [0, 0.1) is 11.3 Å². The van der Waals surface area contributed by atoms with Crippen LogP contribution in [0.4, 0.5) is 5.95 Å². The van der Waals surface area contributed by atoms with Crippen LogP contribution in [-0.2, 0) is 4.79 Å². The van der Waals surface area contributed by atoms with E-state index in [1.54, 1.807) is 18.5 Å². The predicted octanol–water partition coefficient (Wildman–Crippen LogP) is 1.80. The van der Waals surface area contributed by atoms with E-state index in [1.807, 2.05) is 0 Å². The average Bonchev–Trinajstić information content (AvgIpc) is 2.42. The second-order valence-electron chi connectivity index (χ2n) is 3.34. The fourth-order valence-electron chi connectivity index (χ4n) is 1.04. The summed E-state index contributed by atoms with van der Waals surface area (Å²) in [6.45, 7) is 0.427. The summed E-state index contributed by atoms with van der Waals surface area (Å²) in [4.78, 5) is 19.5. The lowest BCUT2D eigenvalue weighted by molar-refractivity contribution is -0.117. The fourth-order valence-corrected chi connectivity index (χ4v) is 1.37. The molecule has 0 saturated heterocycles. The molecule has 0 aliphatic carbocycles. The number of alkyl halides is 1. The van der Waals surface area contributed by atoms with Gasteiger partial charge in [-0.2, -0.15) is 5.26 Å². The summed E-state index contributed by atoms with van der Waals surface area (Å²) in [6.07, 6.45) is 5.01. The first-order valence-electron chi connectivity index (χ1n) is 5.36. The van der Waals surface area contributed by atoms with Crippen LogP contribution in [0.2, 0.25) is 0 Å². The number of nitriles is 1. The number of nitrogens with one attached hydrogen (secondary N) is 2. The summed E-state index contributed by atoms with van der Waals surface area (Å²) in [6, 6.07) is 1.80. The second kappa shape index (κ2) is 8.45. The number of hydrogen-bond donors (Lipinski definition) is 2. The quantitative estimate of drug-likeness (QED) is 0.355. The van der Waals surface area contributed by atoms with Crippen molar-refractivity contribution in [3.63, 3.8) is 0 Å². The highest BCUT2D eigenvalue weighted by Gasteiger charge is 2.07. The van der Waals surface area contributed by atoms with Gasteiger partial charge in [-0.1, -0.05) is 0 Å². The number of carbonyl (C=O) groups excluding carboxylic acids is 1. The molecule has 1 heterocycles. The van der Waals surface area contributed by atoms with Gasteiger partial charge in [-0.15, -0.1) is 11.6 Å². The number of amides is 1. The van der Waals surface area contributed by atoms with Gasteiger partial charge < -0.3 is 10.6 Å². The number of carbonyl (C=O) groups is 1. The molecule has 1 aromatic rings. The van der Waals surface area contributed by atoms with Crippen LogP contribution in [0.15, 0.2) is 28.6 Å². The van der Waals surface area contributed by atoms with Crippen LogP contribution in [0.25, 0.3) is 0 Å². The monoisotopic (exact) mass is 343 g/mol. The molecule has 2 N–H and O–H groups in total. The lowest BCUT2D eigenvalue weighted by Gasteiger charge is -2.03. The Bertz CT molecular complexity index is 497. The minimum Gasteiger partial charge on any atom is -0.351 e. The molecular formula is C11H11BrClN5O. The molecule has 0 aromatic carbocycles. The summed E-state index contributed by atoms with van der Waals surface area (Å²) < 4.78 is 0.737. The molecule has 0 saturated carbocycles. The van der Waals surface area contributed by atoms with E-state index in [0.29, 0.717) is 24.8 Å². The van der Waals surface area contributed by atoms with Crippen molar-refractivity contribution in [2.24, 2.45) is 0 Å². The smallest absolute Gasteiger partial charge is 0.263 e. The number of rotatable bonds is 6. The fraction of sp³-hybridized carbons (Fsp3) is 0.273. The lowest BCUT2D eigenvalue weighted by Crippen LogP contribution is -2.26. The van der Waals surface area contributed by atoms with Crippen LogP contribution in [0.1, 0.15) is 6.42 Å². The van der Waals surface area contributed by atoms with Crippen LogP contribution in [-0.4, -0.2) is 28.3 Å². The van der Waals surface area contributed by atoms with Gasteiger partial charge in [0.2, 0.25) is 5.95 Å². The highest BCUT2D eigenvalue weighted by molar-refractivity contribution is 9.10. The van der Waals surface area contributed by atoms with Crippen molar-refractivity contribution in [1.82, 2.24) is 15.3 Å². The standard InChI is InChI=1S/C11H11BrClN5O/c12-9-6-17-11(18-7-9)16-5-8(4-14)10(19)15-3-1-2-13/h5-7H,1-3H2,(H,15,19)(H,16,17,18)/b8-5-. The molecule has 0 fully saturated rings. The summed E-state index contributed by atoms with van der Waals surface area (Å²) in [7, 11) is 0. The normalized spacial score (nSPS) is 10.7. The van der Waals surface area contributed by atoms with Gasteiger partial charge in [-0.05, 0) is 22.4 Å². The van der Waals surface area contributed by atoms with E-state index in [-0.39, 0.29) is 5.57 Å². The van der Waals surface area contributed by atoms with E-state index in [4.69, 9.17) is 16.9 Å². The Morgan fingerprint density at radius 1 is 1.53 bits per heavy atom. The summed E-state index contributed by atoms with van der Waals surface area (Å²) in [5.41, 5.74) is -0.0545. The molecule has 0 aliphatic rings. The molecule has 0 unspecified atom stereocenters. The summed E-state index contributed by atoms with van der Waals surface area (Å²) >= 11 is 8.69. The molecule has 0 radical (unpaired) electrons. The molecule has 0 atom stereocenters. The zero-order valence-electron chi connectivity index (χ0n) is 9.86. The first kappa shape index (κ1) is 15.4. The summed E-state index contributed by atoms with van der Waals surface area (Å²) in [5.74, 6) is 0.290. The highest BCUT2D eigenvalue weighted by Crippen LogP contribution is 2.07. The van der Waals surface area contributed by atoms with Gasteiger partial charge in [0.15, 0.2) is 0 Å². The third-order valence-electron chi connectivity index (χ3n) is 1.93. The Kier molecular flexibility index (Phi) is 6.85. The Hall–Kier alpha value is -1.65. The highest BCUT2D eigenvalue weighted by atomic mass is 79.9. The largest absolute Gasteiger partial charge is 0.351 e. The van der Waals surface area contributed by atoms with Crippen molar-refractivity contribution in [2.75, 3.05) is 17.7 Å². The topological polar surface area (TPSA) is 90.7 Å². The van der Waals surface area contributed by atoms with Gasteiger partial charge in [0.05, 0.1) is 4.47 Å². The van der Waals surface area contributed by atoms with E-state index in [0.717, 1.165) is 4.47 Å². The maximum absolute atomic E-state index is 11.6. The molecule has 0 aliphatic heterocycles. The molecule has 0 spiro atoms. The van der Waals surface area contributed by atoms with E-state index in [1.165, 1.54) is 6.20 Å². The van der Waals surface area contributed by atoms with Crippen molar-refractivity contribution >= 4 is 39.4 Å². The van der Waals surface area contributed by atoms with Crippen molar-refractivity contribution in [3.05, 3.63) is 28.6 Å². The van der Waals surface area contributed by atoms with Gasteiger partial charge in [0.1, 0.15) is 11.6 Å². The van der Waals surface area contributed by atoms with E-state index in [2.05, 4.69) is 36.5 Å². The SMILES string of the molecule is N#C/C(=C/Nc1ncc(Br)cn1)C(=O)NCCCCl. The predicted molar refractivity (Wildman–Crippen MR) is 75.4 cm³/mol. The summed E-state index contributed by atoms with van der Waals surface area (Å²) in [5, 5.41) is 14.1. The minimum atomic E-state index is -0.461. The van der Waals surface area contributed by atoms with E-state index in [9.17, 15) is 4.79 Å². The maximum atomic E-state index is 11.6. The van der Waals surface area contributed by atoms with Gasteiger partial charge in [-0.3, -0.25) is 4.79 Å². The Balaban J connectivity index is 2.59. The third-order valence-corrected chi connectivity index (χ3v) is 2.60. The first-order valence-corrected chi connectivity index (χ1v) is 6.68. The number of hydrogen-bond acceptors (Lipinski definition) is 5. The molecule has 1 aromatic heterocycles. The second-order valence-corrected chi connectivity index (χ2v) is 4.63. The molecule has 6 nitrogen and oxygen atoms in total. The Morgan fingerprint density at radius 2 is 2.21 bits per heavy atom. The van der Waals surface area contributed by atoms with Crippen molar-refractivity contribution in [3.8, 4) is 6.07 Å². The first-order chi connectivity index (χ1) is 9.17. The molecule has 8 heteroatoms. The van der Waals surface area contributed by atoms with E-state index >= 15 is 0 Å². The maximum Gasteiger partial charge on any atom is 0.263 e. The molecule has 100 valence electrons. The van der Waals surface area contributed by atoms with Crippen molar-refractivity contribution < 1.29 is 4.79 Å². The Labute approximate surface area is 124 Å².